The van der Waals surface area contributed by atoms with Crippen molar-refractivity contribution in [2.24, 2.45) is 0 Å². The van der Waals surface area contributed by atoms with E-state index < -0.39 is 11.9 Å². The fourth-order valence-electron chi connectivity index (χ4n) is 1.70. The highest BCUT2D eigenvalue weighted by Gasteiger charge is 2.21. The molecule has 2 nitrogen and oxygen atoms in total. The summed E-state index contributed by atoms with van der Waals surface area (Å²) in [5, 5.41) is 11.0. The van der Waals surface area contributed by atoms with E-state index in [1.54, 1.807) is 18.2 Å². The van der Waals surface area contributed by atoms with Crippen molar-refractivity contribution < 1.29 is 14.3 Å². The van der Waals surface area contributed by atoms with E-state index in [1.165, 1.54) is 23.5 Å². The molecule has 1 unspecified atom stereocenters. The van der Waals surface area contributed by atoms with Crippen LogP contribution in [0.1, 0.15) is 16.4 Å². The maximum Gasteiger partial charge on any atom is 0.312 e. The number of hydrogen-bond donors (Lipinski definition) is 1. The molecule has 1 aromatic heterocycles. The number of thiophene rings is 1. The number of carboxylic acids is 1. The van der Waals surface area contributed by atoms with Gasteiger partial charge in [0.2, 0.25) is 0 Å². The number of aliphatic carboxylic acids is 1. The summed E-state index contributed by atoms with van der Waals surface area (Å²) < 4.78 is 13.0. The lowest BCUT2D eigenvalue weighted by Crippen LogP contribution is -2.13. The molecule has 0 aliphatic rings. The molecule has 0 radical (unpaired) electrons. The lowest BCUT2D eigenvalue weighted by Gasteiger charge is -2.10. The minimum absolute atomic E-state index is 0.313. The van der Waals surface area contributed by atoms with Crippen molar-refractivity contribution >= 4 is 17.3 Å². The molecule has 0 amide bonds. The number of benzene rings is 1. The molecule has 0 saturated carbocycles. The summed E-state index contributed by atoms with van der Waals surface area (Å²) in [6.07, 6.45) is 0.313. The third-order valence-corrected chi connectivity index (χ3v) is 3.50. The SMILES string of the molecule is O=C(O)C(Cc1cccc(F)c1)c1cccs1. The van der Waals surface area contributed by atoms with Crippen LogP contribution in [-0.4, -0.2) is 11.1 Å². The van der Waals surface area contributed by atoms with Gasteiger partial charge in [-0.05, 0) is 35.6 Å². The third kappa shape index (κ3) is 2.91. The van der Waals surface area contributed by atoms with E-state index in [9.17, 15) is 14.3 Å². The zero-order valence-electron chi connectivity index (χ0n) is 8.97. The Balaban J connectivity index is 2.22. The minimum Gasteiger partial charge on any atom is -0.481 e. The molecule has 2 rings (SSSR count). The molecule has 88 valence electrons. The van der Waals surface area contributed by atoms with Gasteiger partial charge in [0.05, 0.1) is 5.92 Å². The van der Waals surface area contributed by atoms with Gasteiger partial charge in [-0.1, -0.05) is 18.2 Å². The topological polar surface area (TPSA) is 37.3 Å². The zero-order valence-corrected chi connectivity index (χ0v) is 9.78. The first-order chi connectivity index (χ1) is 8.16. The van der Waals surface area contributed by atoms with Crippen LogP contribution in [0.5, 0.6) is 0 Å². The van der Waals surface area contributed by atoms with E-state index in [2.05, 4.69) is 0 Å². The van der Waals surface area contributed by atoms with Crippen molar-refractivity contribution in [2.45, 2.75) is 12.3 Å². The van der Waals surface area contributed by atoms with E-state index >= 15 is 0 Å². The molecule has 1 heterocycles. The first-order valence-electron chi connectivity index (χ1n) is 5.17. The molecule has 1 N–H and O–H groups in total. The van der Waals surface area contributed by atoms with Crippen molar-refractivity contribution in [1.82, 2.24) is 0 Å². The van der Waals surface area contributed by atoms with Crippen LogP contribution in [0.2, 0.25) is 0 Å². The van der Waals surface area contributed by atoms with Gasteiger partial charge in [0.15, 0.2) is 0 Å². The number of halogens is 1. The largest absolute Gasteiger partial charge is 0.481 e. The Kier molecular flexibility index (Phi) is 3.54. The summed E-state index contributed by atoms with van der Waals surface area (Å²) in [6, 6.07) is 9.68. The summed E-state index contributed by atoms with van der Waals surface area (Å²) in [5.41, 5.74) is 0.700. The van der Waals surface area contributed by atoms with Gasteiger partial charge < -0.3 is 5.11 Å². The molecule has 1 aromatic carbocycles. The predicted octanol–water partition coefficient (Wildman–Crippen LogP) is 3.30. The second-order valence-electron chi connectivity index (χ2n) is 3.74. The second kappa shape index (κ2) is 5.10. The first kappa shape index (κ1) is 11.8. The third-order valence-electron chi connectivity index (χ3n) is 2.51. The second-order valence-corrected chi connectivity index (χ2v) is 4.72. The average molecular weight is 250 g/mol. The molecule has 2 aromatic rings. The predicted molar refractivity (Wildman–Crippen MR) is 64.8 cm³/mol. The molecule has 0 aliphatic heterocycles. The van der Waals surface area contributed by atoms with E-state index in [0.717, 1.165) is 4.88 Å². The number of carbonyl (C=O) groups is 1. The van der Waals surface area contributed by atoms with Crippen molar-refractivity contribution in [3.8, 4) is 0 Å². The Labute approximate surface area is 102 Å². The van der Waals surface area contributed by atoms with E-state index in [-0.39, 0.29) is 5.82 Å². The van der Waals surface area contributed by atoms with Gasteiger partial charge in [0.1, 0.15) is 5.82 Å². The maximum atomic E-state index is 13.0. The summed E-state index contributed by atoms with van der Waals surface area (Å²) in [6.45, 7) is 0. The fourth-order valence-corrected chi connectivity index (χ4v) is 2.52. The van der Waals surface area contributed by atoms with Gasteiger partial charge in [-0.25, -0.2) is 4.39 Å². The average Bonchev–Trinajstić information content (AvgIpc) is 2.78. The molecule has 1 atom stereocenters. The van der Waals surface area contributed by atoms with Crippen LogP contribution in [0, 0.1) is 5.82 Å². The Bertz CT molecular complexity index is 508. The summed E-state index contributed by atoms with van der Waals surface area (Å²) in [4.78, 5) is 12.0. The molecular weight excluding hydrogens is 239 g/mol. The normalized spacial score (nSPS) is 12.3. The van der Waals surface area contributed by atoms with E-state index in [0.29, 0.717) is 12.0 Å². The van der Waals surface area contributed by atoms with Crippen LogP contribution in [0.3, 0.4) is 0 Å². The number of carboxylic acid groups (broad SMARTS) is 1. The van der Waals surface area contributed by atoms with Gasteiger partial charge in [-0.2, -0.15) is 0 Å². The first-order valence-corrected chi connectivity index (χ1v) is 6.05. The number of hydrogen-bond acceptors (Lipinski definition) is 2. The van der Waals surface area contributed by atoms with Crippen LogP contribution in [-0.2, 0) is 11.2 Å². The van der Waals surface area contributed by atoms with Gasteiger partial charge in [-0.15, -0.1) is 11.3 Å². The molecule has 0 spiro atoms. The Morgan fingerprint density at radius 3 is 2.76 bits per heavy atom. The van der Waals surface area contributed by atoms with Crippen molar-refractivity contribution in [3.05, 3.63) is 58.0 Å². The van der Waals surface area contributed by atoms with E-state index in [1.807, 2.05) is 11.4 Å². The quantitative estimate of drug-likeness (QED) is 0.904. The van der Waals surface area contributed by atoms with Crippen molar-refractivity contribution in [3.63, 3.8) is 0 Å². The lowest BCUT2D eigenvalue weighted by molar-refractivity contribution is -0.138. The highest BCUT2D eigenvalue weighted by molar-refractivity contribution is 7.10. The van der Waals surface area contributed by atoms with Crippen molar-refractivity contribution in [1.29, 1.82) is 0 Å². The van der Waals surface area contributed by atoms with Crippen LogP contribution in [0.25, 0.3) is 0 Å². The Morgan fingerprint density at radius 2 is 2.18 bits per heavy atom. The van der Waals surface area contributed by atoms with Crippen LogP contribution in [0.4, 0.5) is 4.39 Å². The Morgan fingerprint density at radius 1 is 1.35 bits per heavy atom. The monoisotopic (exact) mass is 250 g/mol. The van der Waals surface area contributed by atoms with Crippen LogP contribution < -0.4 is 0 Å². The van der Waals surface area contributed by atoms with Gasteiger partial charge in [0, 0.05) is 4.88 Å². The van der Waals surface area contributed by atoms with Gasteiger partial charge in [-0.3, -0.25) is 4.79 Å². The molecule has 0 bridgehead atoms. The van der Waals surface area contributed by atoms with Crippen LogP contribution in [0.15, 0.2) is 41.8 Å². The summed E-state index contributed by atoms with van der Waals surface area (Å²) in [7, 11) is 0. The standard InChI is InChI=1S/C13H11FO2S/c14-10-4-1-3-9(7-10)8-11(13(15)16)12-5-2-6-17-12/h1-7,11H,8H2,(H,15,16). The molecular formula is C13H11FO2S. The van der Waals surface area contributed by atoms with E-state index in [4.69, 9.17) is 0 Å². The van der Waals surface area contributed by atoms with Gasteiger partial charge in [0.25, 0.3) is 0 Å². The smallest absolute Gasteiger partial charge is 0.312 e. The molecule has 17 heavy (non-hydrogen) atoms. The molecule has 0 fully saturated rings. The molecule has 4 heteroatoms. The Hall–Kier alpha value is -1.68. The highest BCUT2D eigenvalue weighted by atomic mass is 32.1. The van der Waals surface area contributed by atoms with Gasteiger partial charge >= 0.3 is 5.97 Å². The molecule has 0 aliphatic carbocycles. The summed E-state index contributed by atoms with van der Waals surface area (Å²) in [5.74, 6) is -1.81. The zero-order chi connectivity index (χ0) is 12.3. The fraction of sp³-hybridized carbons (Fsp3) is 0.154. The van der Waals surface area contributed by atoms with Crippen LogP contribution >= 0.6 is 11.3 Å². The minimum atomic E-state index is -0.878. The molecule has 0 saturated heterocycles. The highest BCUT2D eigenvalue weighted by Crippen LogP contribution is 2.25. The number of rotatable bonds is 4. The summed E-state index contributed by atoms with van der Waals surface area (Å²) >= 11 is 1.41. The lowest BCUT2D eigenvalue weighted by atomic mass is 9.98. The van der Waals surface area contributed by atoms with Crippen molar-refractivity contribution in [2.75, 3.05) is 0 Å². The maximum absolute atomic E-state index is 13.0.